The van der Waals surface area contributed by atoms with Crippen LogP contribution in [0, 0.1) is 5.82 Å². The maximum Gasteiger partial charge on any atom is 0.123 e. The zero-order valence-corrected chi connectivity index (χ0v) is 12.2. The highest BCUT2D eigenvalue weighted by Gasteiger charge is 2.12. The Bertz CT molecular complexity index is 497. The summed E-state index contributed by atoms with van der Waals surface area (Å²) in [6.07, 6.45) is 0.836. The topological polar surface area (TPSA) is 0 Å². The highest BCUT2D eigenvalue weighted by molar-refractivity contribution is 9.11. The van der Waals surface area contributed by atoms with Crippen LogP contribution < -0.4 is 0 Å². The first kappa shape index (κ1) is 12.8. The molecule has 17 heavy (non-hydrogen) atoms. The molecular weight excluding hydrogens is 347 g/mol. The summed E-state index contributed by atoms with van der Waals surface area (Å²) in [4.78, 5) is 0.106. The maximum absolute atomic E-state index is 13.2. The summed E-state index contributed by atoms with van der Waals surface area (Å²) in [7, 11) is 0. The number of halogens is 3. The second-order valence-corrected chi connectivity index (χ2v) is 5.78. The van der Waals surface area contributed by atoms with Crippen molar-refractivity contribution in [3.05, 3.63) is 69.9 Å². The predicted molar refractivity (Wildman–Crippen MR) is 75.9 cm³/mol. The second-order valence-electron chi connectivity index (χ2n) is 3.82. The average molecular weight is 358 g/mol. The van der Waals surface area contributed by atoms with Crippen molar-refractivity contribution in [2.75, 3.05) is 0 Å². The van der Waals surface area contributed by atoms with Gasteiger partial charge in [0.15, 0.2) is 0 Å². The lowest BCUT2D eigenvalue weighted by Crippen LogP contribution is -1.97. The number of alkyl halides is 1. The molecule has 0 amide bonds. The lowest BCUT2D eigenvalue weighted by molar-refractivity contribution is 0.624. The molecule has 0 aliphatic heterocycles. The molecule has 0 aromatic heterocycles. The Balaban J connectivity index is 2.20. The van der Waals surface area contributed by atoms with Crippen LogP contribution in [0.3, 0.4) is 0 Å². The van der Waals surface area contributed by atoms with Crippen LogP contribution in [0.25, 0.3) is 0 Å². The minimum absolute atomic E-state index is 0.106. The lowest BCUT2D eigenvalue weighted by atomic mass is 10.0. The number of benzene rings is 2. The highest BCUT2D eigenvalue weighted by atomic mass is 79.9. The van der Waals surface area contributed by atoms with Crippen molar-refractivity contribution in [1.82, 2.24) is 0 Å². The van der Waals surface area contributed by atoms with E-state index in [4.69, 9.17) is 0 Å². The monoisotopic (exact) mass is 356 g/mol. The minimum atomic E-state index is -0.208. The zero-order valence-electron chi connectivity index (χ0n) is 9.04. The van der Waals surface area contributed by atoms with E-state index in [9.17, 15) is 4.39 Å². The molecule has 0 bridgehead atoms. The van der Waals surface area contributed by atoms with Gasteiger partial charge >= 0.3 is 0 Å². The molecule has 0 N–H and O–H groups in total. The molecule has 0 saturated carbocycles. The predicted octanol–water partition coefficient (Wildman–Crippen LogP) is 5.27. The zero-order chi connectivity index (χ0) is 12.3. The van der Waals surface area contributed by atoms with Crippen LogP contribution in [0.15, 0.2) is 53.0 Å². The molecule has 3 heteroatoms. The van der Waals surface area contributed by atoms with Crippen molar-refractivity contribution in [1.29, 1.82) is 0 Å². The molecule has 1 unspecified atom stereocenters. The third-order valence-corrected chi connectivity index (χ3v) is 4.09. The second kappa shape index (κ2) is 5.78. The highest BCUT2D eigenvalue weighted by Crippen LogP contribution is 2.32. The Morgan fingerprint density at radius 1 is 1.06 bits per heavy atom. The molecule has 0 spiro atoms. The fraction of sp³-hybridized carbons (Fsp3) is 0.143. The largest absolute Gasteiger partial charge is 0.207 e. The van der Waals surface area contributed by atoms with Gasteiger partial charge in [-0.2, -0.15) is 0 Å². The Kier molecular flexibility index (Phi) is 4.35. The lowest BCUT2D eigenvalue weighted by Gasteiger charge is -2.12. The summed E-state index contributed by atoms with van der Waals surface area (Å²) in [5.74, 6) is -0.208. The first-order valence-electron chi connectivity index (χ1n) is 5.30. The van der Waals surface area contributed by atoms with Gasteiger partial charge in [0.05, 0.1) is 0 Å². The van der Waals surface area contributed by atoms with Gasteiger partial charge in [0.2, 0.25) is 0 Å². The van der Waals surface area contributed by atoms with E-state index in [1.54, 1.807) is 12.1 Å². The minimum Gasteiger partial charge on any atom is -0.207 e. The fourth-order valence-corrected chi connectivity index (χ4v) is 3.27. The SMILES string of the molecule is Fc1ccc(Br)c(C(Br)Cc2ccccc2)c1. The fourth-order valence-electron chi connectivity index (χ4n) is 1.69. The Morgan fingerprint density at radius 2 is 1.76 bits per heavy atom. The molecule has 2 aromatic carbocycles. The normalized spacial score (nSPS) is 12.4. The number of hydrogen-bond acceptors (Lipinski definition) is 0. The van der Waals surface area contributed by atoms with Crippen LogP contribution in [-0.2, 0) is 6.42 Å². The van der Waals surface area contributed by atoms with Crippen molar-refractivity contribution in [2.24, 2.45) is 0 Å². The quantitative estimate of drug-likeness (QED) is 0.656. The van der Waals surface area contributed by atoms with Crippen molar-refractivity contribution < 1.29 is 4.39 Å². The third-order valence-electron chi connectivity index (χ3n) is 2.55. The van der Waals surface area contributed by atoms with Gasteiger partial charge in [-0.05, 0) is 35.7 Å². The van der Waals surface area contributed by atoms with E-state index in [2.05, 4.69) is 44.0 Å². The van der Waals surface area contributed by atoms with E-state index in [0.29, 0.717) is 0 Å². The number of hydrogen-bond donors (Lipinski definition) is 0. The van der Waals surface area contributed by atoms with Gasteiger partial charge in [-0.1, -0.05) is 62.2 Å². The molecule has 0 aliphatic rings. The van der Waals surface area contributed by atoms with E-state index >= 15 is 0 Å². The first-order valence-corrected chi connectivity index (χ1v) is 7.00. The Morgan fingerprint density at radius 3 is 2.47 bits per heavy atom. The molecule has 1 atom stereocenters. The smallest absolute Gasteiger partial charge is 0.123 e. The summed E-state index contributed by atoms with van der Waals surface area (Å²) in [5.41, 5.74) is 2.17. The Hall–Kier alpha value is -0.670. The van der Waals surface area contributed by atoms with Gasteiger partial charge in [-0.15, -0.1) is 0 Å². The molecule has 0 saturated heterocycles. The standard InChI is InChI=1S/C14H11Br2F/c15-13-7-6-11(17)9-12(13)14(16)8-10-4-2-1-3-5-10/h1-7,9,14H,8H2. The summed E-state index contributed by atoms with van der Waals surface area (Å²) in [6, 6.07) is 14.9. The third kappa shape index (κ3) is 3.39. The molecule has 2 rings (SSSR count). The molecule has 0 fully saturated rings. The molecule has 88 valence electrons. The van der Waals surface area contributed by atoms with Gasteiger partial charge < -0.3 is 0 Å². The summed E-state index contributed by atoms with van der Waals surface area (Å²) >= 11 is 7.06. The van der Waals surface area contributed by atoms with Crippen molar-refractivity contribution in [2.45, 2.75) is 11.2 Å². The molecule has 0 heterocycles. The van der Waals surface area contributed by atoms with Crippen LogP contribution >= 0.6 is 31.9 Å². The first-order chi connectivity index (χ1) is 8.16. The summed E-state index contributed by atoms with van der Waals surface area (Å²) in [5, 5.41) is 0. The van der Waals surface area contributed by atoms with Gasteiger partial charge in [0, 0.05) is 9.30 Å². The summed E-state index contributed by atoms with van der Waals surface area (Å²) < 4.78 is 14.1. The van der Waals surface area contributed by atoms with Crippen molar-refractivity contribution >= 4 is 31.9 Å². The van der Waals surface area contributed by atoms with E-state index < -0.39 is 0 Å². The van der Waals surface area contributed by atoms with Crippen LogP contribution in [0.4, 0.5) is 4.39 Å². The van der Waals surface area contributed by atoms with E-state index in [-0.39, 0.29) is 10.6 Å². The molecule has 0 nitrogen and oxygen atoms in total. The summed E-state index contributed by atoms with van der Waals surface area (Å²) in [6.45, 7) is 0. The van der Waals surface area contributed by atoms with Gasteiger partial charge in [0.1, 0.15) is 5.82 Å². The van der Waals surface area contributed by atoms with Crippen LogP contribution in [0.1, 0.15) is 16.0 Å². The van der Waals surface area contributed by atoms with Crippen molar-refractivity contribution in [3.8, 4) is 0 Å². The average Bonchev–Trinajstić information content (AvgIpc) is 2.33. The van der Waals surface area contributed by atoms with Crippen LogP contribution in [0.2, 0.25) is 0 Å². The van der Waals surface area contributed by atoms with E-state index in [1.807, 2.05) is 18.2 Å². The van der Waals surface area contributed by atoms with Crippen LogP contribution in [-0.4, -0.2) is 0 Å². The molecule has 0 aliphatic carbocycles. The van der Waals surface area contributed by atoms with Gasteiger partial charge in [-0.25, -0.2) is 4.39 Å². The van der Waals surface area contributed by atoms with Gasteiger partial charge in [-0.3, -0.25) is 0 Å². The van der Waals surface area contributed by atoms with E-state index in [1.165, 1.54) is 11.6 Å². The molecular formula is C14H11Br2F. The molecule has 2 aromatic rings. The Labute approximate surface area is 117 Å². The van der Waals surface area contributed by atoms with Crippen LogP contribution in [0.5, 0.6) is 0 Å². The van der Waals surface area contributed by atoms with Gasteiger partial charge in [0.25, 0.3) is 0 Å². The van der Waals surface area contributed by atoms with E-state index in [0.717, 1.165) is 16.5 Å². The number of rotatable bonds is 3. The maximum atomic E-state index is 13.2. The van der Waals surface area contributed by atoms with Crippen molar-refractivity contribution in [3.63, 3.8) is 0 Å². The molecule has 0 radical (unpaired) electrons.